The van der Waals surface area contributed by atoms with Crippen LogP contribution in [0.1, 0.15) is 0 Å². The second kappa shape index (κ2) is 12.8. The normalized spacial score (nSPS) is 11.6. The van der Waals surface area contributed by atoms with E-state index in [9.17, 15) is 0 Å². The lowest BCUT2D eigenvalue weighted by Gasteiger charge is -2.13. The molecule has 0 aliphatic carbocycles. The van der Waals surface area contributed by atoms with Crippen LogP contribution in [0.15, 0.2) is 188 Å². The molecule has 2 heterocycles. The Morgan fingerprint density at radius 2 is 0.764 bits per heavy atom. The summed E-state index contributed by atoms with van der Waals surface area (Å²) < 4.78 is 2.43. The van der Waals surface area contributed by atoms with Crippen molar-refractivity contribution in [1.82, 2.24) is 15.0 Å². The molecule has 0 atom stereocenters. The SMILES string of the molecule is c1ccc(-c2nc(-c3ccccc3-c3ccccc3)nc(-c3cccc4sc5ccc(-c6ccc7c8ccccc8c8ccccc8c7c6)cc5c34)n2)cc1. The van der Waals surface area contributed by atoms with Crippen LogP contribution in [0.2, 0.25) is 0 Å². The molecule has 0 saturated carbocycles. The Bertz CT molecular complexity index is 3220. The fourth-order valence-electron chi connectivity index (χ4n) is 8.16. The van der Waals surface area contributed by atoms with Crippen molar-refractivity contribution in [2.45, 2.75) is 0 Å². The molecule has 3 nitrogen and oxygen atoms in total. The minimum absolute atomic E-state index is 0.649. The van der Waals surface area contributed by atoms with Crippen LogP contribution in [0.4, 0.5) is 0 Å². The third-order valence-corrected chi connectivity index (χ3v) is 11.9. The zero-order chi connectivity index (χ0) is 36.3. The van der Waals surface area contributed by atoms with Gasteiger partial charge in [0.15, 0.2) is 17.5 Å². The highest BCUT2D eigenvalue weighted by Gasteiger charge is 2.19. The van der Waals surface area contributed by atoms with Gasteiger partial charge in [-0.15, -0.1) is 11.3 Å². The zero-order valence-electron chi connectivity index (χ0n) is 29.6. The predicted octanol–water partition coefficient (Wildman–Crippen LogP) is 14.0. The molecule has 0 amide bonds. The number of thiophene rings is 1. The van der Waals surface area contributed by atoms with Crippen LogP contribution in [0, 0.1) is 0 Å². The molecule has 0 unspecified atom stereocenters. The Morgan fingerprint density at radius 1 is 0.273 bits per heavy atom. The van der Waals surface area contributed by atoms with Gasteiger partial charge in [-0.05, 0) is 78.8 Å². The van der Waals surface area contributed by atoms with Crippen molar-refractivity contribution < 1.29 is 0 Å². The van der Waals surface area contributed by atoms with E-state index >= 15 is 0 Å². The monoisotopic (exact) mass is 717 g/mol. The number of hydrogen-bond donors (Lipinski definition) is 0. The molecule has 0 fully saturated rings. The van der Waals surface area contributed by atoms with Gasteiger partial charge in [0.2, 0.25) is 0 Å². The molecule has 11 rings (SSSR count). The third kappa shape index (κ3) is 5.30. The predicted molar refractivity (Wildman–Crippen MR) is 232 cm³/mol. The minimum Gasteiger partial charge on any atom is -0.208 e. The van der Waals surface area contributed by atoms with Crippen molar-refractivity contribution >= 4 is 63.8 Å². The topological polar surface area (TPSA) is 38.7 Å². The Morgan fingerprint density at radius 3 is 1.45 bits per heavy atom. The number of fused-ring (bicyclic) bond motifs is 9. The third-order valence-electron chi connectivity index (χ3n) is 10.7. The van der Waals surface area contributed by atoms with Crippen molar-refractivity contribution in [3.05, 3.63) is 188 Å². The van der Waals surface area contributed by atoms with Crippen molar-refractivity contribution in [3.8, 4) is 56.4 Å². The average molecular weight is 718 g/mol. The minimum atomic E-state index is 0.649. The first kappa shape index (κ1) is 31.5. The summed E-state index contributed by atoms with van der Waals surface area (Å²) in [5, 5.41) is 10.0. The summed E-state index contributed by atoms with van der Waals surface area (Å²) in [6, 6.07) is 66.9. The Labute approximate surface area is 321 Å². The summed E-state index contributed by atoms with van der Waals surface area (Å²) in [5.41, 5.74) is 7.49. The molecule has 0 N–H and O–H groups in total. The standard InChI is InChI=1S/C51H31N3S/c1-3-14-32(15-4-1)36-18-7-12-23-42(36)50-52-49(33-16-5-2-6-17-33)53-51(54-50)43-24-13-25-47-48(43)45-31-35(27-29-46(45)55-47)34-26-28-41-39-21-9-8-19-37(39)38-20-10-11-22-40(38)44(41)30-34/h1-31H. The Kier molecular flexibility index (Phi) is 7.35. The quantitative estimate of drug-likeness (QED) is 0.166. The maximum Gasteiger partial charge on any atom is 0.164 e. The molecule has 0 spiro atoms. The summed E-state index contributed by atoms with van der Waals surface area (Å²) in [4.78, 5) is 15.6. The number of aromatic nitrogens is 3. The number of hydrogen-bond acceptors (Lipinski definition) is 4. The van der Waals surface area contributed by atoms with Crippen LogP contribution >= 0.6 is 11.3 Å². The molecule has 2 aromatic heterocycles. The summed E-state index contributed by atoms with van der Waals surface area (Å²) in [6.45, 7) is 0. The lowest BCUT2D eigenvalue weighted by molar-refractivity contribution is 1.08. The summed E-state index contributed by atoms with van der Waals surface area (Å²) in [5.74, 6) is 1.96. The maximum absolute atomic E-state index is 5.27. The van der Waals surface area contributed by atoms with Gasteiger partial charge in [-0.25, -0.2) is 15.0 Å². The summed E-state index contributed by atoms with van der Waals surface area (Å²) in [6.07, 6.45) is 0. The molecule has 0 aliphatic rings. The molecule has 11 aromatic rings. The second-order valence-electron chi connectivity index (χ2n) is 13.9. The molecular formula is C51H31N3S. The van der Waals surface area contributed by atoms with E-state index in [1.54, 1.807) is 0 Å². The van der Waals surface area contributed by atoms with E-state index in [2.05, 4.69) is 164 Å². The highest BCUT2D eigenvalue weighted by molar-refractivity contribution is 7.26. The van der Waals surface area contributed by atoms with Gasteiger partial charge in [-0.1, -0.05) is 164 Å². The molecular weight excluding hydrogens is 687 g/mol. The molecule has 4 heteroatoms. The first-order chi connectivity index (χ1) is 27.3. The van der Waals surface area contributed by atoms with Gasteiger partial charge >= 0.3 is 0 Å². The van der Waals surface area contributed by atoms with Crippen molar-refractivity contribution in [2.24, 2.45) is 0 Å². The van der Waals surface area contributed by atoms with E-state index in [0.717, 1.165) is 33.2 Å². The molecule has 256 valence electrons. The lowest BCUT2D eigenvalue weighted by Crippen LogP contribution is -2.01. The van der Waals surface area contributed by atoms with Crippen LogP contribution in [0.3, 0.4) is 0 Å². The summed E-state index contributed by atoms with van der Waals surface area (Å²) in [7, 11) is 0. The highest BCUT2D eigenvalue weighted by atomic mass is 32.1. The van der Waals surface area contributed by atoms with E-state index in [0.29, 0.717) is 17.5 Å². The van der Waals surface area contributed by atoms with E-state index in [4.69, 9.17) is 15.0 Å². The molecule has 55 heavy (non-hydrogen) atoms. The van der Waals surface area contributed by atoms with Crippen molar-refractivity contribution in [3.63, 3.8) is 0 Å². The average Bonchev–Trinajstić information content (AvgIpc) is 3.65. The Hall–Kier alpha value is -7.01. The van der Waals surface area contributed by atoms with Crippen LogP contribution in [0.5, 0.6) is 0 Å². The van der Waals surface area contributed by atoms with Crippen LogP contribution in [-0.2, 0) is 0 Å². The zero-order valence-corrected chi connectivity index (χ0v) is 30.5. The van der Waals surface area contributed by atoms with E-state index in [1.165, 1.54) is 58.2 Å². The fourth-order valence-corrected chi connectivity index (χ4v) is 9.27. The molecule has 9 aromatic carbocycles. The van der Waals surface area contributed by atoms with E-state index < -0.39 is 0 Å². The smallest absolute Gasteiger partial charge is 0.164 e. The van der Waals surface area contributed by atoms with E-state index in [1.807, 2.05) is 35.6 Å². The molecule has 0 saturated heterocycles. The first-order valence-electron chi connectivity index (χ1n) is 18.5. The maximum atomic E-state index is 5.27. The second-order valence-corrected chi connectivity index (χ2v) is 15.0. The van der Waals surface area contributed by atoms with Crippen LogP contribution < -0.4 is 0 Å². The highest BCUT2D eigenvalue weighted by Crippen LogP contribution is 2.43. The molecule has 0 bridgehead atoms. The van der Waals surface area contributed by atoms with Crippen LogP contribution in [-0.4, -0.2) is 15.0 Å². The number of nitrogens with zero attached hydrogens (tertiary/aromatic N) is 3. The van der Waals surface area contributed by atoms with Crippen LogP contribution in [0.25, 0.3) is 109 Å². The Balaban J connectivity index is 1.12. The van der Waals surface area contributed by atoms with Gasteiger partial charge in [0, 0.05) is 36.9 Å². The van der Waals surface area contributed by atoms with Gasteiger partial charge in [-0.2, -0.15) is 0 Å². The van der Waals surface area contributed by atoms with Gasteiger partial charge in [0.05, 0.1) is 0 Å². The first-order valence-corrected chi connectivity index (χ1v) is 19.3. The van der Waals surface area contributed by atoms with Gasteiger partial charge in [0.25, 0.3) is 0 Å². The largest absolute Gasteiger partial charge is 0.208 e. The van der Waals surface area contributed by atoms with Gasteiger partial charge in [0.1, 0.15) is 0 Å². The van der Waals surface area contributed by atoms with Gasteiger partial charge in [-0.3, -0.25) is 0 Å². The van der Waals surface area contributed by atoms with E-state index in [-0.39, 0.29) is 0 Å². The number of rotatable bonds is 5. The van der Waals surface area contributed by atoms with Crippen molar-refractivity contribution in [1.29, 1.82) is 0 Å². The molecule has 0 aliphatic heterocycles. The number of benzene rings is 9. The fraction of sp³-hybridized carbons (Fsp3) is 0. The molecule has 0 radical (unpaired) electrons. The summed E-state index contributed by atoms with van der Waals surface area (Å²) >= 11 is 1.81. The van der Waals surface area contributed by atoms with Crippen molar-refractivity contribution in [2.75, 3.05) is 0 Å². The van der Waals surface area contributed by atoms with Gasteiger partial charge < -0.3 is 0 Å². The lowest BCUT2D eigenvalue weighted by atomic mass is 9.92.